The van der Waals surface area contributed by atoms with Crippen molar-refractivity contribution in [2.24, 2.45) is 0 Å². The van der Waals surface area contributed by atoms with Crippen LogP contribution in [0.1, 0.15) is 47.5 Å². The van der Waals surface area contributed by atoms with Gasteiger partial charge in [0.1, 0.15) is 5.69 Å². The van der Waals surface area contributed by atoms with E-state index >= 15 is 0 Å². The molecule has 0 saturated heterocycles. The first-order valence-electron chi connectivity index (χ1n) is 8.50. The number of pyridine rings is 1. The molecular weight excluding hydrogens is 326 g/mol. The Morgan fingerprint density at radius 1 is 1.20 bits per heavy atom. The molecule has 140 valence electrons. The van der Waals surface area contributed by atoms with Gasteiger partial charge in [0.2, 0.25) is 0 Å². The number of carbonyl (C=O) groups is 2. The van der Waals surface area contributed by atoms with Crippen LogP contribution < -0.4 is 5.32 Å². The highest BCUT2D eigenvalue weighted by Crippen LogP contribution is 2.05. The van der Waals surface area contributed by atoms with Crippen LogP contribution in [-0.2, 0) is 9.47 Å². The number of rotatable bonds is 12. The highest BCUT2D eigenvalue weighted by atomic mass is 16.5. The van der Waals surface area contributed by atoms with Gasteiger partial charge in [0, 0.05) is 44.7 Å². The Morgan fingerprint density at radius 2 is 1.88 bits per heavy atom. The smallest absolute Gasteiger partial charge is 0.295 e. The van der Waals surface area contributed by atoms with E-state index in [1.165, 1.54) is 18.3 Å². The lowest BCUT2D eigenvalue weighted by Gasteiger charge is -2.14. The van der Waals surface area contributed by atoms with E-state index in [9.17, 15) is 14.8 Å². The fourth-order valence-corrected chi connectivity index (χ4v) is 2.01. The summed E-state index contributed by atoms with van der Waals surface area (Å²) in [6.07, 6.45) is 2.59. The summed E-state index contributed by atoms with van der Waals surface area (Å²) in [5.41, 5.74) is 0.332. The minimum atomic E-state index is -0.650. The van der Waals surface area contributed by atoms with Crippen LogP contribution in [-0.4, -0.2) is 66.6 Å². The first-order valence-corrected chi connectivity index (χ1v) is 8.50. The third kappa shape index (κ3) is 8.06. The third-order valence-corrected chi connectivity index (χ3v) is 3.29. The zero-order chi connectivity index (χ0) is 18.5. The van der Waals surface area contributed by atoms with Crippen LogP contribution in [0.15, 0.2) is 18.3 Å². The van der Waals surface area contributed by atoms with Gasteiger partial charge in [-0.3, -0.25) is 19.8 Å². The van der Waals surface area contributed by atoms with Crippen LogP contribution in [0.3, 0.4) is 0 Å². The van der Waals surface area contributed by atoms with Crippen molar-refractivity contribution in [1.82, 2.24) is 15.4 Å². The van der Waals surface area contributed by atoms with E-state index in [0.29, 0.717) is 56.4 Å². The molecule has 0 unspecified atom stereocenters. The molecule has 0 fully saturated rings. The Balaban J connectivity index is 2.52. The number of hydrogen-bond acceptors (Lipinski definition) is 6. The van der Waals surface area contributed by atoms with Crippen molar-refractivity contribution in [3.05, 3.63) is 29.6 Å². The summed E-state index contributed by atoms with van der Waals surface area (Å²) in [6.45, 7) is 6.67. The molecule has 1 rings (SSSR count). The Bertz CT molecular complexity index is 539. The molecule has 0 atom stereocenters. The summed E-state index contributed by atoms with van der Waals surface area (Å²) in [4.78, 5) is 28.1. The molecule has 25 heavy (non-hydrogen) atoms. The highest BCUT2D eigenvalue weighted by Gasteiger charge is 2.16. The van der Waals surface area contributed by atoms with E-state index in [4.69, 9.17) is 9.47 Å². The van der Waals surface area contributed by atoms with Gasteiger partial charge in [-0.05, 0) is 38.8 Å². The molecule has 1 aromatic heterocycles. The average Bonchev–Trinajstić information content (AvgIpc) is 2.64. The zero-order valence-corrected chi connectivity index (χ0v) is 14.9. The van der Waals surface area contributed by atoms with E-state index in [1.54, 1.807) is 0 Å². The molecule has 0 aliphatic heterocycles. The molecule has 8 heteroatoms. The molecule has 0 radical (unpaired) electrons. The number of nitrogens with zero attached hydrogens (tertiary/aromatic N) is 2. The third-order valence-electron chi connectivity index (χ3n) is 3.29. The maximum absolute atomic E-state index is 12.1. The summed E-state index contributed by atoms with van der Waals surface area (Å²) in [5, 5.41) is 13.1. The Labute approximate surface area is 148 Å². The summed E-state index contributed by atoms with van der Waals surface area (Å²) >= 11 is 0. The first-order chi connectivity index (χ1) is 12.1. The van der Waals surface area contributed by atoms with Gasteiger partial charge in [0.05, 0.1) is 6.54 Å². The van der Waals surface area contributed by atoms with E-state index in [2.05, 4.69) is 10.3 Å². The summed E-state index contributed by atoms with van der Waals surface area (Å²) in [6, 6.07) is 2.89. The number of nitrogens with one attached hydrogen (secondary N) is 1. The van der Waals surface area contributed by atoms with Crippen molar-refractivity contribution in [3.8, 4) is 0 Å². The Morgan fingerprint density at radius 3 is 2.56 bits per heavy atom. The van der Waals surface area contributed by atoms with Crippen LogP contribution in [0.4, 0.5) is 0 Å². The van der Waals surface area contributed by atoms with Gasteiger partial charge >= 0.3 is 0 Å². The van der Waals surface area contributed by atoms with Gasteiger partial charge in [-0.25, -0.2) is 5.06 Å². The first kappa shape index (κ1) is 21.0. The quantitative estimate of drug-likeness (QED) is 0.335. The predicted molar refractivity (Wildman–Crippen MR) is 91.6 cm³/mol. The average molecular weight is 353 g/mol. The molecule has 0 aliphatic rings. The number of aromatic nitrogens is 1. The summed E-state index contributed by atoms with van der Waals surface area (Å²) in [7, 11) is 0. The lowest BCUT2D eigenvalue weighted by atomic mass is 10.2. The molecule has 2 amide bonds. The predicted octanol–water partition coefficient (Wildman–Crippen LogP) is 1.50. The molecule has 0 aromatic carbocycles. The summed E-state index contributed by atoms with van der Waals surface area (Å²) in [5.74, 6) is -0.948. The second-order valence-corrected chi connectivity index (χ2v) is 5.21. The minimum absolute atomic E-state index is 0.0147. The minimum Gasteiger partial charge on any atom is -0.382 e. The van der Waals surface area contributed by atoms with Gasteiger partial charge in [-0.1, -0.05) is 0 Å². The van der Waals surface area contributed by atoms with Gasteiger partial charge in [-0.15, -0.1) is 0 Å². The van der Waals surface area contributed by atoms with Gasteiger partial charge in [0.25, 0.3) is 11.8 Å². The molecule has 0 bridgehead atoms. The SMILES string of the molecule is CCOCCCNC(=O)c1ccnc(C(=O)N(O)CCCOCC)c1. The monoisotopic (exact) mass is 353 g/mol. The number of ether oxygens (including phenoxy) is 2. The van der Waals surface area contributed by atoms with Crippen LogP contribution in [0.25, 0.3) is 0 Å². The van der Waals surface area contributed by atoms with Crippen molar-refractivity contribution < 1.29 is 24.3 Å². The number of hydrogen-bond donors (Lipinski definition) is 2. The zero-order valence-electron chi connectivity index (χ0n) is 14.9. The molecule has 0 aliphatic carbocycles. The van der Waals surface area contributed by atoms with E-state index in [1.807, 2.05) is 13.8 Å². The van der Waals surface area contributed by atoms with Crippen LogP contribution in [0.2, 0.25) is 0 Å². The Kier molecular flexibility index (Phi) is 10.4. The number of amides is 2. The van der Waals surface area contributed by atoms with Crippen LogP contribution >= 0.6 is 0 Å². The van der Waals surface area contributed by atoms with Gasteiger partial charge in [0.15, 0.2) is 0 Å². The van der Waals surface area contributed by atoms with E-state index < -0.39 is 5.91 Å². The summed E-state index contributed by atoms with van der Waals surface area (Å²) < 4.78 is 10.4. The van der Waals surface area contributed by atoms with Crippen molar-refractivity contribution in [3.63, 3.8) is 0 Å². The molecule has 2 N–H and O–H groups in total. The molecule has 1 aromatic rings. The van der Waals surface area contributed by atoms with Crippen molar-refractivity contribution in [2.75, 3.05) is 39.5 Å². The van der Waals surface area contributed by atoms with Gasteiger partial charge < -0.3 is 14.8 Å². The largest absolute Gasteiger partial charge is 0.382 e. The Hall–Kier alpha value is -2.03. The molecule has 1 heterocycles. The normalized spacial score (nSPS) is 10.5. The van der Waals surface area contributed by atoms with Crippen molar-refractivity contribution in [2.45, 2.75) is 26.7 Å². The van der Waals surface area contributed by atoms with Gasteiger partial charge in [-0.2, -0.15) is 0 Å². The van der Waals surface area contributed by atoms with Crippen molar-refractivity contribution in [1.29, 1.82) is 0 Å². The van der Waals surface area contributed by atoms with Crippen LogP contribution in [0, 0.1) is 0 Å². The van der Waals surface area contributed by atoms with Crippen LogP contribution in [0.5, 0.6) is 0 Å². The molecule has 8 nitrogen and oxygen atoms in total. The molecule has 0 saturated carbocycles. The maximum Gasteiger partial charge on any atom is 0.295 e. The fourth-order valence-electron chi connectivity index (χ4n) is 2.01. The topological polar surface area (TPSA) is 101 Å². The fraction of sp³-hybridized carbons (Fsp3) is 0.588. The molecular formula is C17H27N3O5. The second-order valence-electron chi connectivity index (χ2n) is 5.21. The lowest BCUT2D eigenvalue weighted by molar-refractivity contribution is -0.0622. The van der Waals surface area contributed by atoms with E-state index in [0.717, 1.165) is 0 Å². The molecule has 0 spiro atoms. The van der Waals surface area contributed by atoms with E-state index in [-0.39, 0.29) is 18.1 Å². The standard InChI is InChI=1S/C17H27N3O5/c1-3-24-11-5-8-19-16(21)14-7-9-18-15(13-14)17(22)20(23)10-6-12-25-4-2/h7,9,13,23H,3-6,8,10-12H2,1-2H3,(H,19,21). The number of hydroxylamine groups is 2. The van der Waals surface area contributed by atoms with Crippen molar-refractivity contribution >= 4 is 11.8 Å². The highest BCUT2D eigenvalue weighted by molar-refractivity contribution is 5.98. The second kappa shape index (κ2) is 12.3. The lowest BCUT2D eigenvalue weighted by Crippen LogP contribution is -2.30. The number of carbonyl (C=O) groups excluding carboxylic acids is 2. The maximum atomic E-state index is 12.1.